The Bertz CT molecular complexity index is 1440. The van der Waals surface area contributed by atoms with Crippen molar-refractivity contribution in [3.8, 4) is 5.75 Å². The minimum atomic E-state index is -4.61. The normalized spacial score (nSPS) is 10.9. The Morgan fingerprint density at radius 3 is 2.32 bits per heavy atom. The van der Waals surface area contributed by atoms with Crippen LogP contribution in [0.2, 0.25) is 0 Å². The van der Waals surface area contributed by atoms with E-state index in [4.69, 9.17) is 10.3 Å². The Morgan fingerprint density at radius 2 is 1.71 bits per heavy atom. The molecule has 0 aliphatic rings. The first-order valence-corrected chi connectivity index (χ1v) is 10.7. The third kappa shape index (κ3) is 6.35. The van der Waals surface area contributed by atoms with Crippen LogP contribution in [0.15, 0.2) is 80.9 Å². The van der Waals surface area contributed by atoms with E-state index in [1.54, 1.807) is 49.4 Å². The second-order valence-corrected chi connectivity index (χ2v) is 8.19. The zero-order valence-electron chi connectivity index (χ0n) is 17.4. The summed E-state index contributed by atoms with van der Waals surface area (Å²) < 4.78 is 31.8. The third-order valence-electron chi connectivity index (χ3n) is 4.30. The summed E-state index contributed by atoms with van der Waals surface area (Å²) in [6, 6.07) is 14.5. The summed E-state index contributed by atoms with van der Waals surface area (Å²) in [4.78, 5) is 14.9. The molecule has 0 aliphatic carbocycles. The maximum atomic E-state index is 11.6. The molecule has 0 amide bonds. The van der Waals surface area contributed by atoms with E-state index in [0.717, 1.165) is 23.8 Å². The molecule has 13 heteroatoms. The van der Waals surface area contributed by atoms with Crippen LogP contribution in [0.3, 0.4) is 0 Å². The maximum Gasteiger partial charge on any atom is 0.477 e. The van der Waals surface area contributed by atoms with Crippen molar-refractivity contribution in [2.45, 2.75) is 11.8 Å². The summed E-state index contributed by atoms with van der Waals surface area (Å²) in [6.45, 7) is 1.76. The monoisotopic (exact) mass is 531 g/mol. The Morgan fingerprint density at radius 1 is 1.03 bits per heavy atom. The van der Waals surface area contributed by atoms with E-state index < -0.39 is 26.5 Å². The summed E-state index contributed by atoms with van der Waals surface area (Å²) in [5, 5.41) is 31.5. The van der Waals surface area contributed by atoms with Gasteiger partial charge in [0.1, 0.15) is 10.8 Å². The largest absolute Gasteiger partial charge is 0.504 e. The molecular weight excluding hydrogens is 514 g/mol. The predicted molar refractivity (Wildman–Crippen MR) is 118 cm³/mol. The van der Waals surface area contributed by atoms with Gasteiger partial charge in [-0.2, -0.15) is 8.42 Å². The molecule has 0 unspecified atom stereocenters. The molecule has 34 heavy (non-hydrogen) atoms. The SMILES string of the molecule is Cc1cc(N)c(O)c(N=NC(=[N+]=Nc2ccc(S(=O)(=O)O)cc2C(=O)O)c2ccccc2)c1.[Cu]. The number of aromatic carboxylic acids is 1. The van der Waals surface area contributed by atoms with Gasteiger partial charge in [-0.3, -0.25) is 4.55 Å². The Kier molecular flexibility index (Phi) is 8.41. The fourth-order valence-corrected chi connectivity index (χ4v) is 3.23. The Labute approximate surface area is 204 Å². The van der Waals surface area contributed by atoms with Crippen LogP contribution in [0.4, 0.5) is 17.1 Å². The zero-order chi connectivity index (χ0) is 24.2. The van der Waals surface area contributed by atoms with Crippen molar-refractivity contribution < 1.29 is 49.8 Å². The molecule has 0 saturated heterocycles. The van der Waals surface area contributed by atoms with Crippen LogP contribution in [0.25, 0.3) is 0 Å². The van der Waals surface area contributed by atoms with Crippen molar-refractivity contribution in [3.05, 3.63) is 77.4 Å². The molecule has 0 atom stereocenters. The average molecular weight is 532 g/mol. The van der Waals surface area contributed by atoms with E-state index in [-0.39, 0.29) is 45.7 Å². The van der Waals surface area contributed by atoms with Crippen molar-refractivity contribution in [3.63, 3.8) is 0 Å². The second-order valence-electron chi connectivity index (χ2n) is 6.77. The van der Waals surface area contributed by atoms with Crippen LogP contribution in [0.5, 0.6) is 5.75 Å². The van der Waals surface area contributed by atoms with E-state index in [9.17, 15) is 23.4 Å². The van der Waals surface area contributed by atoms with Gasteiger partial charge in [0.25, 0.3) is 10.1 Å². The van der Waals surface area contributed by atoms with Crippen LogP contribution >= 0.6 is 0 Å². The van der Waals surface area contributed by atoms with Crippen molar-refractivity contribution in [2.24, 2.45) is 15.3 Å². The number of phenolic OH excluding ortho intramolecular Hbond substituents is 1. The quantitative estimate of drug-likeness (QED) is 0.0563. The summed E-state index contributed by atoms with van der Waals surface area (Å²) >= 11 is 0. The van der Waals surface area contributed by atoms with Crippen molar-refractivity contribution in [1.29, 1.82) is 0 Å². The number of nitrogens with two attached hydrogens (primary N) is 1. The molecule has 0 saturated carbocycles. The van der Waals surface area contributed by atoms with Crippen molar-refractivity contribution >= 4 is 39.0 Å². The number of phenols is 1. The number of nitrogen functional groups attached to an aromatic ring is 1. The molecule has 3 aromatic rings. The Hall–Kier alpha value is -3.86. The number of benzene rings is 3. The standard InChI is InChI=1S/C21H17N5O6S.Cu/c1-12-9-16(22)19(27)18(10-12)24-26-20(13-5-3-2-4-6-13)25-23-17-8-7-14(33(30,31)32)11-15(17)21(28)29;/h2-11H,1H3,(H4,22,23,24,28,29,30,31,32);/p+1. The first-order chi connectivity index (χ1) is 15.6. The Balaban J connectivity index is 0.00000408. The van der Waals surface area contributed by atoms with Crippen LogP contribution in [0, 0.1) is 6.92 Å². The number of hydrogen-bond donors (Lipinski definition) is 4. The van der Waals surface area contributed by atoms with E-state index in [0.29, 0.717) is 5.56 Å². The summed E-state index contributed by atoms with van der Waals surface area (Å²) in [5.74, 6) is -1.76. The molecule has 0 bridgehead atoms. The first-order valence-electron chi connectivity index (χ1n) is 9.26. The van der Waals surface area contributed by atoms with E-state index in [1.807, 2.05) is 0 Å². The number of rotatable bonds is 5. The number of azo groups is 1. The van der Waals surface area contributed by atoms with E-state index in [2.05, 4.69) is 20.1 Å². The molecular formula is C21H18CuN5O6S+. The molecule has 0 heterocycles. The second kappa shape index (κ2) is 10.8. The van der Waals surface area contributed by atoms with Crippen LogP contribution in [0.1, 0.15) is 21.5 Å². The fraction of sp³-hybridized carbons (Fsp3) is 0.0476. The molecule has 0 fully saturated rings. The summed E-state index contributed by atoms with van der Waals surface area (Å²) in [6.07, 6.45) is 0. The van der Waals surface area contributed by atoms with Crippen LogP contribution in [-0.4, -0.2) is 39.8 Å². The van der Waals surface area contributed by atoms with Gasteiger partial charge in [-0.25, -0.2) is 4.79 Å². The molecule has 179 valence electrons. The van der Waals surface area contributed by atoms with E-state index in [1.165, 1.54) is 0 Å². The van der Waals surface area contributed by atoms with Gasteiger partial charge in [0.05, 0.1) is 21.7 Å². The number of carboxylic acids is 1. The predicted octanol–water partition coefficient (Wildman–Crippen LogP) is 3.75. The van der Waals surface area contributed by atoms with Gasteiger partial charge in [-0.15, -0.1) is 0 Å². The molecule has 3 aromatic carbocycles. The number of carbonyl (C=O) groups is 1. The van der Waals surface area contributed by atoms with Gasteiger partial charge in [0.2, 0.25) is 0 Å². The number of carboxylic acid groups (broad SMARTS) is 1. The molecule has 0 aliphatic heterocycles. The fourth-order valence-electron chi connectivity index (χ4n) is 2.72. The minimum Gasteiger partial charge on any atom is -0.504 e. The molecule has 5 N–H and O–H groups in total. The van der Waals surface area contributed by atoms with Crippen molar-refractivity contribution in [2.75, 3.05) is 5.73 Å². The van der Waals surface area contributed by atoms with Gasteiger partial charge in [-0.1, -0.05) is 23.0 Å². The van der Waals surface area contributed by atoms with Crippen LogP contribution < -0.4 is 5.73 Å². The van der Waals surface area contributed by atoms with Gasteiger partial charge in [-0.05, 0) is 60.1 Å². The molecule has 3 rings (SSSR count). The zero-order valence-corrected chi connectivity index (χ0v) is 19.2. The maximum absolute atomic E-state index is 11.6. The number of anilines is 1. The van der Waals surface area contributed by atoms with Crippen LogP contribution in [-0.2, 0) is 27.2 Å². The molecule has 1 radical (unpaired) electrons. The topological polar surface area (TPSA) is 189 Å². The number of aryl methyl sites for hydroxylation is 1. The van der Waals surface area contributed by atoms with Gasteiger partial charge < -0.3 is 15.9 Å². The van der Waals surface area contributed by atoms with E-state index >= 15 is 0 Å². The molecule has 0 aromatic heterocycles. The summed E-state index contributed by atoms with van der Waals surface area (Å²) in [5.41, 5.74) is 6.51. The number of nitrogens with zero attached hydrogens (tertiary/aromatic N) is 4. The molecule has 11 nitrogen and oxygen atoms in total. The minimum absolute atomic E-state index is 0. The number of aromatic hydroxyl groups is 1. The van der Waals surface area contributed by atoms with Gasteiger partial charge >= 0.3 is 11.8 Å². The number of hydrogen-bond acceptors (Lipinski definition) is 7. The smallest absolute Gasteiger partial charge is 0.477 e. The average Bonchev–Trinajstić information content (AvgIpc) is 2.76. The summed E-state index contributed by atoms with van der Waals surface area (Å²) in [7, 11) is -4.61. The van der Waals surface area contributed by atoms with Gasteiger partial charge in [0, 0.05) is 22.2 Å². The first kappa shape index (κ1) is 26.4. The van der Waals surface area contributed by atoms with Gasteiger partial charge in [0.15, 0.2) is 11.4 Å². The third-order valence-corrected chi connectivity index (χ3v) is 5.15. The molecule has 0 spiro atoms. The van der Waals surface area contributed by atoms with Crippen molar-refractivity contribution in [1.82, 2.24) is 0 Å². The number of amidine groups is 1.